The summed E-state index contributed by atoms with van der Waals surface area (Å²) < 4.78 is 12.8. The molecule has 0 aromatic heterocycles. The number of rotatable bonds is 13. The summed E-state index contributed by atoms with van der Waals surface area (Å²) in [6.07, 6.45) is 13.9. The molecule has 0 unspecified atom stereocenters. The minimum absolute atomic E-state index is 0.0911. The zero-order valence-corrected chi connectivity index (χ0v) is 26.8. The van der Waals surface area contributed by atoms with Crippen molar-refractivity contribution < 1.29 is 19.4 Å². The summed E-state index contributed by atoms with van der Waals surface area (Å²) in [7, 11) is 0. The molecule has 4 rings (SSSR count). The van der Waals surface area contributed by atoms with E-state index in [2.05, 4.69) is 41.5 Å². The Morgan fingerprint density at radius 2 is 1.46 bits per heavy atom. The number of carbonyl (C=O) groups excluding carboxylic acids is 1. The second-order valence-corrected chi connectivity index (χ2v) is 14.0. The second kappa shape index (κ2) is 13.7. The lowest BCUT2D eigenvalue weighted by Gasteiger charge is -2.40. The number of ether oxygens (including phenoxy) is 2. The number of phenolic OH excluding ortho intramolecular Hbond substituents is 1. The van der Waals surface area contributed by atoms with E-state index in [4.69, 9.17) is 9.47 Å². The topological polar surface area (TPSA) is 55.8 Å². The molecule has 4 nitrogen and oxygen atoms in total. The SMILES string of the molecule is Cc1c(C)c2c(c3c1O[C@](C)(CCC[C@H](C)CCC[C@H](C)CCCC(C)C)CC3)[C@@H](c1ccc(O)cc1)CC(=O)O2. The van der Waals surface area contributed by atoms with Crippen molar-refractivity contribution in [3.05, 3.63) is 52.1 Å². The third kappa shape index (κ3) is 7.87. The summed E-state index contributed by atoms with van der Waals surface area (Å²) in [6, 6.07) is 7.25. The van der Waals surface area contributed by atoms with Gasteiger partial charge in [0.15, 0.2) is 0 Å². The van der Waals surface area contributed by atoms with Gasteiger partial charge in [-0.15, -0.1) is 0 Å². The van der Waals surface area contributed by atoms with E-state index in [9.17, 15) is 9.90 Å². The van der Waals surface area contributed by atoms with E-state index >= 15 is 0 Å². The van der Waals surface area contributed by atoms with Crippen molar-refractivity contribution in [3.63, 3.8) is 0 Å². The summed E-state index contributed by atoms with van der Waals surface area (Å²) in [6.45, 7) is 15.9. The molecule has 0 radical (unpaired) electrons. The maximum absolute atomic E-state index is 12.6. The van der Waals surface area contributed by atoms with Gasteiger partial charge in [-0.1, -0.05) is 84.8 Å². The molecular formula is C37H54O4. The fourth-order valence-electron chi connectivity index (χ4n) is 7.00. The average Bonchev–Trinajstić information content (AvgIpc) is 2.91. The molecule has 0 amide bonds. The molecule has 0 fully saturated rings. The highest BCUT2D eigenvalue weighted by Crippen LogP contribution is 2.51. The number of hydrogen-bond donors (Lipinski definition) is 1. The summed E-state index contributed by atoms with van der Waals surface area (Å²) in [5.74, 6) is 4.09. The summed E-state index contributed by atoms with van der Waals surface area (Å²) >= 11 is 0. The molecule has 0 aliphatic carbocycles. The van der Waals surface area contributed by atoms with Gasteiger partial charge in [-0.2, -0.15) is 0 Å². The van der Waals surface area contributed by atoms with E-state index in [-0.39, 0.29) is 23.2 Å². The Balaban J connectivity index is 1.38. The van der Waals surface area contributed by atoms with Gasteiger partial charge in [-0.3, -0.25) is 4.79 Å². The van der Waals surface area contributed by atoms with Crippen molar-refractivity contribution in [3.8, 4) is 17.2 Å². The lowest BCUT2D eigenvalue weighted by Crippen LogP contribution is -2.38. The van der Waals surface area contributed by atoms with Gasteiger partial charge in [0.05, 0.1) is 6.42 Å². The molecule has 0 saturated heterocycles. The molecule has 0 saturated carbocycles. The molecule has 2 aliphatic rings. The third-order valence-corrected chi connectivity index (χ3v) is 9.85. The first-order valence-electron chi connectivity index (χ1n) is 16.3. The standard InChI is InChI=1S/C37H54O4/c1-24(2)11-8-12-25(3)13-9-14-26(4)15-10-21-37(7)22-20-31-34-32(29-16-18-30(38)19-17-29)23-33(39)40-36(34)28(6)27(5)35(31)41-37/h16-19,24-26,32,38H,8-15,20-23H2,1-7H3/t25-,26-,32-,37-/m1/s1. The first kappa shape index (κ1) is 31.4. The van der Waals surface area contributed by atoms with Gasteiger partial charge in [0.25, 0.3) is 0 Å². The molecular weight excluding hydrogens is 508 g/mol. The van der Waals surface area contributed by atoms with Gasteiger partial charge >= 0.3 is 5.97 Å². The van der Waals surface area contributed by atoms with Gasteiger partial charge in [0.2, 0.25) is 0 Å². The molecule has 1 N–H and O–H groups in total. The normalized spacial score (nSPS) is 21.6. The Hall–Kier alpha value is -2.49. The maximum Gasteiger partial charge on any atom is 0.312 e. The third-order valence-electron chi connectivity index (χ3n) is 9.85. The molecule has 0 bridgehead atoms. The van der Waals surface area contributed by atoms with Crippen molar-refractivity contribution in [2.24, 2.45) is 17.8 Å². The molecule has 4 heteroatoms. The summed E-state index contributed by atoms with van der Waals surface area (Å²) in [5, 5.41) is 9.83. The predicted molar refractivity (Wildman–Crippen MR) is 168 cm³/mol. The maximum atomic E-state index is 12.6. The molecule has 0 spiro atoms. The zero-order chi connectivity index (χ0) is 29.7. The predicted octanol–water partition coefficient (Wildman–Crippen LogP) is 9.97. The summed E-state index contributed by atoms with van der Waals surface area (Å²) in [5.41, 5.74) is 5.22. The first-order valence-corrected chi connectivity index (χ1v) is 16.3. The van der Waals surface area contributed by atoms with Gasteiger partial charge in [-0.05, 0) is 93.0 Å². The molecule has 41 heavy (non-hydrogen) atoms. The van der Waals surface area contributed by atoms with E-state index in [1.165, 1.54) is 56.9 Å². The van der Waals surface area contributed by atoms with Crippen molar-refractivity contribution >= 4 is 5.97 Å². The van der Waals surface area contributed by atoms with Crippen LogP contribution in [-0.4, -0.2) is 16.7 Å². The Morgan fingerprint density at radius 3 is 2.10 bits per heavy atom. The van der Waals surface area contributed by atoms with Gasteiger partial charge in [0.1, 0.15) is 22.8 Å². The van der Waals surface area contributed by atoms with Crippen LogP contribution in [0.2, 0.25) is 0 Å². The molecule has 2 aromatic rings. The van der Waals surface area contributed by atoms with Crippen LogP contribution in [-0.2, 0) is 11.2 Å². The van der Waals surface area contributed by atoms with Crippen molar-refractivity contribution in [1.82, 2.24) is 0 Å². The minimum atomic E-state index is -0.200. The van der Waals surface area contributed by atoms with Crippen LogP contribution in [0.5, 0.6) is 17.2 Å². The second-order valence-electron chi connectivity index (χ2n) is 14.0. The van der Waals surface area contributed by atoms with Crippen molar-refractivity contribution in [1.29, 1.82) is 0 Å². The highest BCUT2D eigenvalue weighted by molar-refractivity contribution is 5.80. The van der Waals surface area contributed by atoms with Crippen LogP contribution in [0.4, 0.5) is 0 Å². The van der Waals surface area contributed by atoms with Crippen LogP contribution in [0, 0.1) is 31.6 Å². The fourth-order valence-corrected chi connectivity index (χ4v) is 7.00. The molecule has 2 aliphatic heterocycles. The van der Waals surface area contributed by atoms with E-state index in [0.717, 1.165) is 65.0 Å². The number of aromatic hydroxyl groups is 1. The highest BCUT2D eigenvalue weighted by atomic mass is 16.5. The van der Waals surface area contributed by atoms with Crippen molar-refractivity contribution in [2.45, 2.75) is 137 Å². The highest BCUT2D eigenvalue weighted by Gasteiger charge is 2.40. The van der Waals surface area contributed by atoms with E-state index in [0.29, 0.717) is 12.2 Å². The quantitative estimate of drug-likeness (QED) is 0.195. The lowest BCUT2D eigenvalue weighted by molar-refractivity contribution is -0.135. The van der Waals surface area contributed by atoms with Crippen LogP contribution in [0.3, 0.4) is 0 Å². The smallest absolute Gasteiger partial charge is 0.312 e. The van der Waals surface area contributed by atoms with Crippen LogP contribution in [0.25, 0.3) is 0 Å². The van der Waals surface area contributed by atoms with E-state index in [1.54, 1.807) is 12.1 Å². The molecule has 2 aromatic carbocycles. The Labute approximate surface area is 249 Å². The molecule has 226 valence electrons. The fraction of sp³-hybridized carbons (Fsp3) is 0.649. The number of fused-ring (bicyclic) bond motifs is 3. The molecule has 2 heterocycles. The van der Waals surface area contributed by atoms with Crippen molar-refractivity contribution in [2.75, 3.05) is 0 Å². The van der Waals surface area contributed by atoms with Crippen LogP contribution >= 0.6 is 0 Å². The van der Waals surface area contributed by atoms with Gasteiger partial charge in [0, 0.05) is 17.0 Å². The van der Waals surface area contributed by atoms with Gasteiger partial charge < -0.3 is 14.6 Å². The lowest BCUT2D eigenvalue weighted by atomic mass is 9.77. The largest absolute Gasteiger partial charge is 0.508 e. The Morgan fingerprint density at radius 1 is 0.878 bits per heavy atom. The van der Waals surface area contributed by atoms with E-state index in [1.807, 2.05) is 19.1 Å². The number of benzene rings is 2. The number of phenols is 1. The van der Waals surface area contributed by atoms with Crippen LogP contribution in [0.15, 0.2) is 24.3 Å². The zero-order valence-electron chi connectivity index (χ0n) is 26.8. The number of esters is 1. The summed E-state index contributed by atoms with van der Waals surface area (Å²) in [4.78, 5) is 12.6. The Bertz CT molecular complexity index is 1180. The minimum Gasteiger partial charge on any atom is -0.508 e. The van der Waals surface area contributed by atoms with Crippen LogP contribution < -0.4 is 9.47 Å². The van der Waals surface area contributed by atoms with E-state index < -0.39 is 0 Å². The van der Waals surface area contributed by atoms with Crippen LogP contribution in [0.1, 0.15) is 139 Å². The Kier molecular flexibility index (Phi) is 10.5. The first-order chi connectivity index (χ1) is 19.5. The molecule has 4 atom stereocenters. The monoisotopic (exact) mass is 562 g/mol. The number of carbonyl (C=O) groups is 1. The average molecular weight is 563 g/mol. The number of hydrogen-bond acceptors (Lipinski definition) is 4. The van der Waals surface area contributed by atoms with Gasteiger partial charge in [-0.25, -0.2) is 0 Å².